The molecule has 4 aromatic heterocycles. The Balaban J connectivity index is 1.02. The highest BCUT2D eigenvalue weighted by Crippen LogP contribution is 2.29. The molecule has 2 aliphatic rings. The zero-order valence-electron chi connectivity index (χ0n) is 22.2. The summed E-state index contributed by atoms with van der Waals surface area (Å²) >= 11 is 0.370. The minimum absolute atomic E-state index is 0.0958. The Hall–Kier alpha value is -3.59. The smallest absolute Gasteiger partial charge is 0.309 e. The SMILES string of the molecule is Nc1nc2c(sc(=O)n2CCN2CCN(c3ccc(N4CC[S+]([O-])CC4)cc3F)CC2)c2cc(-c3ccco3)nn12. The molecule has 2 aliphatic heterocycles. The van der Waals surface area contributed by atoms with Gasteiger partial charge in [-0.25, -0.2) is 4.39 Å². The first-order chi connectivity index (χ1) is 19.9. The molecule has 14 heteroatoms. The number of nitrogens with zero attached hydrogens (tertiary/aromatic N) is 7. The molecule has 214 valence electrons. The first-order valence-corrected chi connectivity index (χ1v) is 15.8. The van der Waals surface area contributed by atoms with Crippen molar-refractivity contribution in [3.05, 3.63) is 58.1 Å². The number of halogens is 1. The van der Waals surface area contributed by atoms with Gasteiger partial charge in [0, 0.05) is 45.0 Å². The second kappa shape index (κ2) is 10.7. The number of piperazine rings is 1. The standard InChI is InChI=1S/C27H29FN8O3S2/c28-19-16-18(33-11-14-41(38)15-12-33)3-4-21(19)34-8-5-32(6-9-34)7-10-35-25-24(40-27(35)37)22-17-20(23-2-1-13-39-23)31-36(22)26(29)30-25/h1-4,13,16-17H,5-12,14-15H2,(H2,29,30). The van der Waals surface area contributed by atoms with Crippen LogP contribution in [0.25, 0.3) is 27.3 Å². The second-order valence-corrected chi connectivity index (χ2v) is 12.9. The van der Waals surface area contributed by atoms with Crippen molar-refractivity contribution in [1.29, 1.82) is 0 Å². The number of aromatic nitrogens is 4. The van der Waals surface area contributed by atoms with E-state index in [1.165, 1.54) is 0 Å². The van der Waals surface area contributed by atoms with Gasteiger partial charge < -0.3 is 24.5 Å². The van der Waals surface area contributed by atoms with Crippen molar-refractivity contribution in [3.8, 4) is 11.5 Å². The van der Waals surface area contributed by atoms with Crippen LogP contribution in [0.15, 0.2) is 51.9 Å². The van der Waals surface area contributed by atoms with Crippen LogP contribution in [0, 0.1) is 5.82 Å². The molecule has 0 unspecified atom stereocenters. The average Bonchev–Trinajstić information content (AvgIpc) is 3.72. The number of fused-ring (bicyclic) bond motifs is 3. The molecule has 7 rings (SSSR count). The third kappa shape index (κ3) is 4.94. The lowest BCUT2D eigenvalue weighted by Gasteiger charge is -2.36. The van der Waals surface area contributed by atoms with Gasteiger partial charge in [0.1, 0.15) is 27.7 Å². The highest BCUT2D eigenvalue weighted by atomic mass is 32.2. The number of furan rings is 1. The summed E-state index contributed by atoms with van der Waals surface area (Å²) in [4.78, 5) is 23.9. The number of hydrogen-bond donors (Lipinski definition) is 1. The Bertz CT molecular complexity index is 1750. The molecule has 6 heterocycles. The van der Waals surface area contributed by atoms with Crippen LogP contribution in [0.3, 0.4) is 0 Å². The lowest BCUT2D eigenvalue weighted by atomic mass is 10.2. The van der Waals surface area contributed by atoms with Gasteiger partial charge in [-0.2, -0.15) is 14.6 Å². The number of rotatable bonds is 6. The summed E-state index contributed by atoms with van der Waals surface area (Å²) in [5.41, 5.74) is 9.57. The molecule has 0 atom stereocenters. The van der Waals surface area contributed by atoms with E-state index in [9.17, 15) is 9.35 Å². The van der Waals surface area contributed by atoms with Crippen molar-refractivity contribution in [2.45, 2.75) is 6.54 Å². The molecule has 0 bridgehead atoms. The Morgan fingerprint density at radius 3 is 2.59 bits per heavy atom. The van der Waals surface area contributed by atoms with Crippen LogP contribution in [0.1, 0.15) is 0 Å². The Labute approximate surface area is 241 Å². The van der Waals surface area contributed by atoms with E-state index in [0.29, 0.717) is 73.6 Å². The van der Waals surface area contributed by atoms with Crippen LogP contribution < -0.4 is 20.4 Å². The van der Waals surface area contributed by atoms with Crippen LogP contribution in [-0.2, 0) is 17.7 Å². The molecule has 0 spiro atoms. The van der Waals surface area contributed by atoms with Gasteiger partial charge in [-0.3, -0.25) is 14.3 Å². The highest BCUT2D eigenvalue weighted by Gasteiger charge is 2.24. The molecular formula is C27H29FN8O3S2. The molecule has 2 saturated heterocycles. The number of nitrogen functional groups attached to an aromatic ring is 1. The van der Waals surface area contributed by atoms with E-state index in [4.69, 9.17) is 10.2 Å². The molecule has 0 radical (unpaired) electrons. The highest BCUT2D eigenvalue weighted by molar-refractivity contribution is 7.91. The molecule has 41 heavy (non-hydrogen) atoms. The molecule has 2 N–H and O–H groups in total. The van der Waals surface area contributed by atoms with Gasteiger partial charge in [0.05, 0.1) is 30.6 Å². The van der Waals surface area contributed by atoms with Crippen molar-refractivity contribution in [1.82, 2.24) is 24.1 Å². The largest absolute Gasteiger partial charge is 0.616 e. The van der Waals surface area contributed by atoms with Crippen molar-refractivity contribution >= 4 is 55.7 Å². The summed E-state index contributed by atoms with van der Waals surface area (Å²) in [6, 6.07) is 10.9. The van der Waals surface area contributed by atoms with Gasteiger partial charge in [0.25, 0.3) is 0 Å². The van der Waals surface area contributed by atoms with Gasteiger partial charge in [-0.15, -0.1) is 0 Å². The Morgan fingerprint density at radius 1 is 1.05 bits per heavy atom. The van der Waals surface area contributed by atoms with Crippen LogP contribution in [0.5, 0.6) is 0 Å². The fraction of sp³-hybridized carbons (Fsp3) is 0.370. The van der Waals surface area contributed by atoms with E-state index < -0.39 is 11.2 Å². The van der Waals surface area contributed by atoms with Crippen molar-refractivity contribution < 1.29 is 13.4 Å². The molecule has 11 nitrogen and oxygen atoms in total. The summed E-state index contributed by atoms with van der Waals surface area (Å²) in [6.07, 6.45) is 1.58. The van der Waals surface area contributed by atoms with Crippen molar-refractivity contribution in [2.75, 3.05) is 72.9 Å². The van der Waals surface area contributed by atoms with E-state index in [0.717, 1.165) is 40.3 Å². The van der Waals surface area contributed by atoms with Crippen LogP contribution in [0.4, 0.5) is 21.7 Å². The van der Waals surface area contributed by atoms with E-state index in [-0.39, 0.29) is 16.6 Å². The molecule has 1 aromatic carbocycles. The summed E-state index contributed by atoms with van der Waals surface area (Å²) in [6.45, 7) is 5.41. The molecular weight excluding hydrogens is 567 g/mol. The van der Waals surface area contributed by atoms with Gasteiger partial charge in [-0.1, -0.05) is 22.5 Å². The zero-order chi connectivity index (χ0) is 28.1. The quantitative estimate of drug-likeness (QED) is 0.295. The molecule has 5 aromatic rings. The maximum atomic E-state index is 15.1. The second-order valence-electron chi connectivity index (χ2n) is 10.2. The Morgan fingerprint density at radius 2 is 1.85 bits per heavy atom. The third-order valence-electron chi connectivity index (χ3n) is 7.85. The van der Waals surface area contributed by atoms with Crippen LogP contribution in [0.2, 0.25) is 0 Å². The van der Waals surface area contributed by atoms with Crippen LogP contribution in [-0.4, -0.2) is 85.9 Å². The van der Waals surface area contributed by atoms with Gasteiger partial charge in [0.15, 0.2) is 11.4 Å². The van der Waals surface area contributed by atoms with Gasteiger partial charge >= 0.3 is 4.87 Å². The first-order valence-electron chi connectivity index (χ1n) is 13.5. The number of hydrogen-bond acceptors (Lipinski definition) is 10. The van der Waals surface area contributed by atoms with Crippen molar-refractivity contribution in [2.24, 2.45) is 0 Å². The summed E-state index contributed by atoms with van der Waals surface area (Å²) in [7, 11) is 0. The van der Waals surface area contributed by atoms with Crippen LogP contribution >= 0.6 is 11.3 Å². The minimum Gasteiger partial charge on any atom is -0.616 e. The number of benzene rings is 1. The summed E-state index contributed by atoms with van der Waals surface area (Å²) in [5, 5.41) is 4.51. The predicted molar refractivity (Wildman–Crippen MR) is 160 cm³/mol. The first kappa shape index (κ1) is 26.3. The molecule has 0 amide bonds. The predicted octanol–water partition coefficient (Wildman–Crippen LogP) is 2.48. The van der Waals surface area contributed by atoms with Gasteiger partial charge in [-0.05, 0) is 36.4 Å². The average molecular weight is 597 g/mol. The van der Waals surface area contributed by atoms with Crippen molar-refractivity contribution in [3.63, 3.8) is 0 Å². The lowest BCUT2D eigenvalue weighted by molar-refractivity contribution is 0.248. The normalized spacial score (nSPS) is 17.3. The van der Waals surface area contributed by atoms with Gasteiger partial charge in [0.2, 0.25) is 5.95 Å². The minimum atomic E-state index is -0.766. The number of thiazole rings is 1. The molecule has 0 aliphatic carbocycles. The summed E-state index contributed by atoms with van der Waals surface area (Å²) < 4.78 is 36.2. The van der Waals surface area contributed by atoms with E-state index in [2.05, 4.69) is 24.8 Å². The fourth-order valence-corrected chi connectivity index (χ4v) is 7.60. The number of anilines is 3. The Kier molecular flexibility index (Phi) is 6.85. The number of nitrogens with two attached hydrogens (primary N) is 1. The molecule has 2 fully saturated rings. The molecule has 0 saturated carbocycles. The fourth-order valence-electron chi connectivity index (χ4n) is 5.59. The topological polar surface area (TPSA) is 124 Å². The maximum Gasteiger partial charge on any atom is 0.309 e. The van der Waals surface area contributed by atoms with E-state index in [1.54, 1.807) is 27.5 Å². The summed E-state index contributed by atoms with van der Waals surface area (Å²) in [5.74, 6) is 1.84. The van der Waals surface area contributed by atoms with E-state index >= 15 is 4.39 Å². The third-order valence-corrected chi connectivity index (χ3v) is 10.1. The zero-order valence-corrected chi connectivity index (χ0v) is 23.9. The maximum absolute atomic E-state index is 15.1. The lowest BCUT2D eigenvalue weighted by Crippen LogP contribution is -2.47. The van der Waals surface area contributed by atoms with E-state index in [1.807, 2.05) is 24.3 Å². The monoisotopic (exact) mass is 596 g/mol.